The Balaban J connectivity index is 1.91. The van der Waals surface area contributed by atoms with Gasteiger partial charge < -0.3 is 14.7 Å². The van der Waals surface area contributed by atoms with E-state index < -0.39 is 0 Å². The summed E-state index contributed by atoms with van der Waals surface area (Å²) in [7, 11) is 1.68. The van der Waals surface area contributed by atoms with Gasteiger partial charge in [-0.15, -0.1) is 0 Å². The van der Waals surface area contributed by atoms with Crippen LogP contribution in [0.3, 0.4) is 0 Å². The Bertz CT molecular complexity index is 332. The summed E-state index contributed by atoms with van der Waals surface area (Å²) in [6.45, 7) is 5.12. The maximum atomic E-state index is 8.89. The van der Waals surface area contributed by atoms with Crippen molar-refractivity contribution in [3.63, 3.8) is 0 Å². The fourth-order valence-electron chi connectivity index (χ4n) is 2.16. The number of aliphatic hydroxyl groups is 1. The SMILES string of the molecule is COc1ccc(N2CCN(CCO)CC2)cc1. The third kappa shape index (κ3) is 3.11. The zero-order chi connectivity index (χ0) is 12.1. The minimum Gasteiger partial charge on any atom is -0.497 e. The Morgan fingerprint density at radius 1 is 1.12 bits per heavy atom. The molecule has 0 saturated carbocycles. The summed E-state index contributed by atoms with van der Waals surface area (Å²) in [5.41, 5.74) is 1.24. The van der Waals surface area contributed by atoms with Crippen LogP contribution in [0.4, 0.5) is 5.69 Å². The van der Waals surface area contributed by atoms with E-state index in [-0.39, 0.29) is 6.61 Å². The van der Waals surface area contributed by atoms with Crippen LogP contribution in [0.1, 0.15) is 0 Å². The van der Waals surface area contributed by atoms with E-state index in [9.17, 15) is 0 Å². The Morgan fingerprint density at radius 2 is 1.76 bits per heavy atom. The summed E-state index contributed by atoms with van der Waals surface area (Å²) in [6, 6.07) is 8.19. The molecule has 0 radical (unpaired) electrons. The fourth-order valence-corrected chi connectivity index (χ4v) is 2.16. The van der Waals surface area contributed by atoms with Crippen molar-refractivity contribution < 1.29 is 9.84 Å². The van der Waals surface area contributed by atoms with Crippen LogP contribution in [0.25, 0.3) is 0 Å². The van der Waals surface area contributed by atoms with Gasteiger partial charge in [-0.05, 0) is 24.3 Å². The number of aliphatic hydroxyl groups excluding tert-OH is 1. The van der Waals surface area contributed by atoms with Gasteiger partial charge in [0.25, 0.3) is 0 Å². The zero-order valence-corrected chi connectivity index (χ0v) is 10.3. The standard InChI is InChI=1S/C13H20N2O2/c1-17-13-4-2-12(3-5-13)15-8-6-14(7-9-15)10-11-16/h2-5,16H,6-11H2,1H3. The summed E-state index contributed by atoms with van der Waals surface area (Å²) in [5.74, 6) is 0.896. The van der Waals surface area contributed by atoms with E-state index in [1.165, 1.54) is 5.69 Å². The highest BCUT2D eigenvalue weighted by Crippen LogP contribution is 2.20. The van der Waals surface area contributed by atoms with Gasteiger partial charge in [0.05, 0.1) is 13.7 Å². The first-order chi connectivity index (χ1) is 8.33. The van der Waals surface area contributed by atoms with Crippen molar-refractivity contribution in [3.8, 4) is 5.75 Å². The molecule has 0 aromatic heterocycles. The van der Waals surface area contributed by atoms with Crippen LogP contribution >= 0.6 is 0 Å². The lowest BCUT2D eigenvalue weighted by atomic mass is 10.2. The maximum Gasteiger partial charge on any atom is 0.119 e. The quantitative estimate of drug-likeness (QED) is 0.839. The number of ether oxygens (including phenoxy) is 1. The first kappa shape index (κ1) is 12.2. The molecule has 2 rings (SSSR count). The van der Waals surface area contributed by atoms with Gasteiger partial charge in [-0.25, -0.2) is 0 Å². The summed E-state index contributed by atoms with van der Waals surface area (Å²) in [4.78, 5) is 4.66. The second kappa shape index (κ2) is 5.89. The molecule has 4 nitrogen and oxygen atoms in total. The third-order valence-electron chi connectivity index (χ3n) is 3.23. The van der Waals surface area contributed by atoms with E-state index in [0.717, 1.165) is 38.5 Å². The molecule has 17 heavy (non-hydrogen) atoms. The minimum absolute atomic E-state index is 0.253. The first-order valence-corrected chi connectivity index (χ1v) is 6.05. The van der Waals surface area contributed by atoms with Crippen molar-refractivity contribution in [2.75, 3.05) is 51.3 Å². The zero-order valence-electron chi connectivity index (χ0n) is 10.3. The molecule has 1 aromatic carbocycles. The highest BCUT2D eigenvalue weighted by molar-refractivity contribution is 5.49. The molecule has 1 fully saturated rings. The maximum absolute atomic E-state index is 8.89. The van der Waals surface area contributed by atoms with Crippen LogP contribution in [0.2, 0.25) is 0 Å². The summed E-state index contributed by atoms with van der Waals surface area (Å²) < 4.78 is 5.15. The van der Waals surface area contributed by atoms with Crippen LogP contribution in [0.5, 0.6) is 5.75 Å². The van der Waals surface area contributed by atoms with Crippen molar-refractivity contribution in [1.29, 1.82) is 0 Å². The lowest BCUT2D eigenvalue weighted by Gasteiger charge is -2.35. The van der Waals surface area contributed by atoms with Gasteiger partial charge in [0.2, 0.25) is 0 Å². The summed E-state index contributed by atoms with van der Waals surface area (Å²) in [5, 5.41) is 8.89. The summed E-state index contributed by atoms with van der Waals surface area (Å²) >= 11 is 0. The smallest absolute Gasteiger partial charge is 0.119 e. The topological polar surface area (TPSA) is 35.9 Å². The third-order valence-corrected chi connectivity index (χ3v) is 3.23. The minimum atomic E-state index is 0.253. The van der Waals surface area contributed by atoms with Crippen molar-refractivity contribution in [1.82, 2.24) is 4.90 Å². The number of rotatable bonds is 4. The molecule has 4 heteroatoms. The van der Waals surface area contributed by atoms with Gasteiger partial charge in [-0.3, -0.25) is 4.90 Å². The number of anilines is 1. The van der Waals surface area contributed by atoms with Crippen LogP contribution in [-0.4, -0.2) is 56.4 Å². The Morgan fingerprint density at radius 3 is 2.29 bits per heavy atom. The van der Waals surface area contributed by atoms with Gasteiger partial charge in [-0.2, -0.15) is 0 Å². The molecule has 1 aromatic rings. The molecule has 0 unspecified atom stereocenters. The van der Waals surface area contributed by atoms with Gasteiger partial charge >= 0.3 is 0 Å². The number of benzene rings is 1. The Labute approximate surface area is 102 Å². The van der Waals surface area contributed by atoms with E-state index in [1.54, 1.807) is 7.11 Å². The Hall–Kier alpha value is -1.26. The molecule has 1 aliphatic heterocycles. The van der Waals surface area contributed by atoms with Gasteiger partial charge in [0.1, 0.15) is 5.75 Å². The Kier molecular flexibility index (Phi) is 4.23. The molecular formula is C13H20N2O2. The lowest BCUT2D eigenvalue weighted by molar-refractivity contribution is 0.189. The van der Waals surface area contributed by atoms with E-state index in [4.69, 9.17) is 9.84 Å². The normalized spacial score (nSPS) is 17.2. The molecule has 1 N–H and O–H groups in total. The number of nitrogens with zero attached hydrogens (tertiary/aromatic N) is 2. The van der Waals surface area contributed by atoms with Crippen molar-refractivity contribution in [2.45, 2.75) is 0 Å². The molecule has 1 heterocycles. The number of hydrogen-bond donors (Lipinski definition) is 1. The molecule has 0 amide bonds. The highest BCUT2D eigenvalue weighted by atomic mass is 16.5. The monoisotopic (exact) mass is 236 g/mol. The van der Waals surface area contributed by atoms with Gasteiger partial charge in [-0.1, -0.05) is 0 Å². The van der Waals surface area contributed by atoms with Crippen LogP contribution in [0.15, 0.2) is 24.3 Å². The van der Waals surface area contributed by atoms with Crippen molar-refractivity contribution >= 4 is 5.69 Å². The number of β-amino-alcohol motifs (C(OH)–C–C–N with tert-alkyl or cyclic N) is 1. The number of hydrogen-bond acceptors (Lipinski definition) is 4. The molecule has 0 bridgehead atoms. The second-order valence-corrected chi connectivity index (χ2v) is 4.25. The lowest BCUT2D eigenvalue weighted by Crippen LogP contribution is -2.47. The summed E-state index contributed by atoms with van der Waals surface area (Å²) in [6.07, 6.45) is 0. The second-order valence-electron chi connectivity index (χ2n) is 4.25. The molecule has 0 spiro atoms. The average Bonchev–Trinajstić information content (AvgIpc) is 2.40. The van der Waals surface area contributed by atoms with Crippen molar-refractivity contribution in [2.24, 2.45) is 0 Å². The van der Waals surface area contributed by atoms with Crippen LogP contribution < -0.4 is 9.64 Å². The number of methoxy groups -OCH3 is 1. The van der Waals surface area contributed by atoms with Gasteiger partial charge in [0.15, 0.2) is 0 Å². The molecule has 0 atom stereocenters. The van der Waals surface area contributed by atoms with E-state index in [1.807, 2.05) is 12.1 Å². The first-order valence-electron chi connectivity index (χ1n) is 6.05. The van der Waals surface area contributed by atoms with Crippen LogP contribution in [0, 0.1) is 0 Å². The fraction of sp³-hybridized carbons (Fsp3) is 0.538. The molecule has 0 aliphatic carbocycles. The number of piperazine rings is 1. The molecule has 1 saturated heterocycles. The largest absolute Gasteiger partial charge is 0.497 e. The average molecular weight is 236 g/mol. The molecular weight excluding hydrogens is 216 g/mol. The van der Waals surface area contributed by atoms with Gasteiger partial charge in [0, 0.05) is 38.4 Å². The van der Waals surface area contributed by atoms with Crippen molar-refractivity contribution in [3.05, 3.63) is 24.3 Å². The van der Waals surface area contributed by atoms with E-state index >= 15 is 0 Å². The molecule has 94 valence electrons. The molecule has 1 aliphatic rings. The predicted octanol–water partition coefficient (Wildman–Crippen LogP) is 0.809. The van der Waals surface area contributed by atoms with Crippen LogP contribution in [-0.2, 0) is 0 Å². The predicted molar refractivity (Wildman–Crippen MR) is 68.7 cm³/mol. The van der Waals surface area contributed by atoms with E-state index in [2.05, 4.69) is 21.9 Å². The highest BCUT2D eigenvalue weighted by Gasteiger charge is 2.16. The van der Waals surface area contributed by atoms with E-state index in [0.29, 0.717) is 0 Å².